The first kappa shape index (κ1) is 16.7. The molecule has 5 nitrogen and oxygen atoms in total. The summed E-state index contributed by atoms with van der Waals surface area (Å²) < 4.78 is 1.84. The normalized spacial score (nSPS) is 13.3. The summed E-state index contributed by atoms with van der Waals surface area (Å²) in [6, 6.07) is -0.0916. The van der Waals surface area contributed by atoms with Gasteiger partial charge in [-0.05, 0) is 25.7 Å². The Balaban J connectivity index is 2.48. The van der Waals surface area contributed by atoms with Crippen LogP contribution < -0.4 is 11.1 Å². The molecule has 0 aromatic carbocycles. The zero-order valence-electron chi connectivity index (χ0n) is 13.6. The van der Waals surface area contributed by atoms with Crippen LogP contribution in [0.3, 0.4) is 0 Å². The Morgan fingerprint density at radius 2 is 2.00 bits per heavy atom. The van der Waals surface area contributed by atoms with E-state index < -0.39 is 0 Å². The molecule has 0 aliphatic rings. The van der Waals surface area contributed by atoms with Crippen molar-refractivity contribution in [3.05, 3.63) is 17.0 Å². The highest BCUT2D eigenvalue weighted by atomic mass is 16.1. The maximum atomic E-state index is 11.9. The second-order valence-corrected chi connectivity index (χ2v) is 6.78. The molecule has 3 N–H and O–H groups in total. The molecule has 0 radical (unpaired) electrons. The molecule has 0 saturated carbocycles. The Bertz CT molecular complexity index is 471. The van der Waals surface area contributed by atoms with Crippen LogP contribution in [0.1, 0.15) is 50.6 Å². The maximum Gasteiger partial charge on any atom is 0.221 e. The average molecular weight is 280 g/mol. The third-order valence-corrected chi connectivity index (χ3v) is 3.44. The number of hydrogen-bond donors (Lipinski definition) is 2. The van der Waals surface area contributed by atoms with E-state index in [2.05, 4.69) is 31.2 Å². The van der Waals surface area contributed by atoms with Gasteiger partial charge in [-0.3, -0.25) is 9.48 Å². The van der Waals surface area contributed by atoms with Crippen LogP contribution >= 0.6 is 0 Å². The largest absolute Gasteiger partial charge is 0.352 e. The van der Waals surface area contributed by atoms with Gasteiger partial charge in [-0.25, -0.2) is 0 Å². The van der Waals surface area contributed by atoms with Crippen LogP contribution in [0.25, 0.3) is 0 Å². The van der Waals surface area contributed by atoms with Gasteiger partial charge in [0.2, 0.25) is 5.91 Å². The Hall–Kier alpha value is -1.36. The minimum absolute atomic E-state index is 0.00408. The molecule has 1 aromatic heterocycles. The summed E-state index contributed by atoms with van der Waals surface area (Å²) in [6.45, 7) is 10.9. The van der Waals surface area contributed by atoms with E-state index in [1.807, 2.05) is 25.6 Å². The van der Waals surface area contributed by atoms with E-state index in [0.717, 1.165) is 23.4 Å². The van der Waals surface area contributed by atoms with E-state index in [1.165, 1.54) is 0 Å². The monoisotopic (exact) mass is 280 g/mol. The summed E-state index contributed by atoms with van der Waals surface area (Å²) in [5, 5.41) is 7.28. The second-order valence-electron chi connectivity index (χ2n) is 6.78. The molecule has 1 heterocycles. The predicted molar refractivity (Wildman–Crippen MR) is 81.2 cm³/mol. The molecule has 0 aliphatic heterocycles. The Morgan fingerprint density at radius 3 is 2.45 bits per heavy atom. The topological polar surface area (TPSA) is 72.9 Å². The number of amides is 1. The molecule has 0 bridgehead atoms. The van der Waals surface area contributed by atoms with Crippen LogP contribution in [0.2, 0.25) is 0 Å². The third-order valence-electron chi connectivity index (χ3n) is 3.44. The third kappa shape index (κ3) is 4.96. The van der Waals surface area contributed by atoms with Gasteiger partial charge in [-0.1, -0.05) is 20.8 Å². The van der Waals surface area contributed by atoms with Crippen molar-refractivity contribution in [1.29, 1.82) is 0 Å². The van der Waals surface area contributed by atoms with Gasteiger partial charge in [0.1, 0.15) is 0 Å². The highest BCUT2D eigenvalue weighted by Crippen LogP contribution is 2.21. The van der Waals surface area contributed by atoms with Crippen molar-refractivity contribution < 1.29 is 4.79 Å². The number of rotatable bonds is 5. The zero-order chi connectivity index (χ0) is 15.5. The molecule has 114 valence electrons. The number of nitrogens with two attached hydrogens (primary N) is 1. The van der Waals surface area contributed by atoms with Crippen LogP contribution in [0.15, 0.2) is 0 Å². The SMILES string of the molecule is Cc1nn(C)c(C)c1CNC(=O)CC(N)CC(C)(C)C. The molecule has 1 amide bonds. The van der Waals surface area contributed by atoms with Crippen molar-refractivity contribution in [2.45, 2.75) is 60.0 Å². The lowest BCUT2D eigenvalue weighted by molar-refractivity contribution is -0.121. The molecule has 5 heteroatoms. The van der Waals surface area contributed by atoms with E-state index in [-0.39, 0.29) is 17.4 Å². The standard InChI is InChI=1S/C15H28N4O/c1-10-13(11(2)19(6)18-10)9-17-14(20)7-12(16)8-15(3,4)5/h12H,7-9,16H2,1-6H3,(H,17,20). The van der Waals surface area contributed by atoms with Crippen molar-refractivity contribution in [2.24, 2.45) is 18.2 Å². The number of carbonyl (C=O) groups excluding carboxylic acids is 1. The molecule has 1 aromatic rings. The Morgan fingerprint density at radius 1 is 1.40 bits per heavy atom. The number of nitrogens with zero attached hydrogens (tertiary/aromatic N) is 2. The number of aryl methyl sites for hydroxylation is 2. The van der Waals surface area contributed by atoms with Crippen molar-refractivity contribution >= 4 is 5.91 Å². The highest BCUT2D eigenvalue weighted by Gasteiger charge is 2.18. The number of aromatic nitrogens is 2. The van der Waals surface area contributed by atoms with E-state index in [4.69, 9.17) is 5.73 Å². The quantitative estimate of drug-likeness (QED) is 0.864. The molecule has 0 saturated heterocycles. The molecular weight excluding hydrogens is 252 g/mol. The number of hydrogen-bond acceptors (Lipinski definition) is 3. The molecule has 0 fully saturated rings. The van der Waals surface area contributed by atoms with Crippen molar-refractivity contribution in [3.63, 3.8) is 0 Å². The van der Waals surface area contributed by atoms with Gasteiger partial charge in [0.05, 0.1) is 5.69 Å². The molecule has 1 unspecified atom stereocenters. The number of nitrogens with one attached hydrogen (secondary N) is 1. The lowest BCUT2D eigenvalue weighted by Crippen LogP contribution is -2.34. The van der Waals surface area contributed by atoms with Gasteiger partial charge in [-0.15, -0.1) is 0 Å². The molecule has 0 spiro atoms. The van der Waals surface area contributed by atoms with E-state index in [0.29, 0.717) is 13.0 Å². The minimum Gasteiger partial charge on any atom is -0.352 e. The lowest BCUT2D eigenvalue weighted by atomic mass is 9.87. The van der Waals surface area contributed by atoms with E-state index in [9.17, 15) is 4.79 Å². The first-order valence-corrected chi connectivity index (χ1v) is 7.11. The summed E-state index contributed by atoms with van der Waals surface area (Å²) in [5.41, 5.74) is 9.30. The van der Waals surface area contributed by atoms with Crippen LogP contribution in [0, 0.1) is 19.3 Å². The molecule has 1 rings (SSSR count). The fourth-order valence-corrected chi connectivity index (χ4v) is 2.43. The first-order valence-electron chi connectivity index (χ1n) is 7.11. The van der Waals surface area contributed by atoms with E-state index >= 15 is 0 Å². The predicted octanol–water partition coefficient (Wildman–Crippen LogP) is 1.81. The van der Waals surface area contributed by atoms with Crippen molar-refractivity contribution in [2.75, 3.05) is 0 Å². The minimum atomic E-state index is -0.0916. The summed E-state index contributed by atoms with van der Waals surface area (Å²) in [4.78, 5) is 11.9. The van der Waals surface area contributed by atoms with Gasteiger partial charge >= 0.3 is 0 Å². The second kappa shape index (κ2) is 6.39. The Labute approximate surface area is 121 Å². The lowest BCUT2D eigenvalue weighted by Gasteiger charge is -2.22. The fraction of sp³-hybridized carbons (Fsp3) is 0.733. The molecule has 0 aliphatic carbocycles. The average Bonchev–Trinajstić information content (AvgIpc) is 2.48. The summed E-state index contributed by atoms with van der Waals surface area (Å²) in [5.74, 6) is 0.00408. The summed E-state index contributed by atoms with van der Waals surface area (Å²) in [6.07, 6.45) is 1.21. The molecule has 1 atom stereocenters. The summed E-state index contributed by atoms with van der Waals surface area (Å²) in [7, 11) is 1.91. The summed E-state index contributed by atoms with van der Waals surface area (Å²) >= 11 is 0. The smallest absolute Gasteiger partial charge is 0.221 e. The van der Waals surface area contributed by atoms with Gasteiger partial charge < -0.3 is 11.1 Å². The van der Waals surface area contributed by atoms with Gasteiger partial charge in [-0.2, -0.15) is 5.10 Å². The van der Waals surface area contributed by atoms with Gasteiger partial charge in [0, 0.05) is 37.3 Å². The van der Waals surface area contributed by atoms with Gasteiger partial charge in [0.25, 0.3) is 0 Å². The maximum absolute atomic E-state index is 11.9. The van der Waals surface area contributed by atoms with Crippen LogP contribution in [-0.2, 0) is 18.4 Å². The fourth-order valence-electron chi connectivity index (χ4n) is 2.43. The van der Waals surface area contributed by atoms with E-state index in [1.54, 1.807) is 0 Å². The van der Waals surface area contributed by atoms with Crippen LogP contribution in [-0.4, -0.2) is 21.7 Å². The van der Waals surface area contributed by atoms with Crippen molar-refractivity contribution in [1.82, 2.24) is 15.1 Å². The molecule has 20 heavy (non-hydrogen) atoms. The van der Waals surface area contributed by atoms with Crippen LogP contribution in [0.5, 0.6) is 0 Å². The van der Waals surface area contributed by atoms with Crippen LogP contribution in [0.4, 0.5) is 0 Å². The molecular formula is C15H28N4O. The van der Waals surface area contributed by atoms with Gasteiger partial charge in [0.15, 0.2) is 0 Å². The van der Waals surface area contributed by atoms with Crippen molar-refractivity contribution in [3.8, 4) is 0 Å². The zero-order valence-corrected chi connectivity index (χ0v) is 13.6. The number of carbonyl (C=O) groups is 1. The first-order chi connectivity index (χ1) is 9.10. The highest BCUT2D eigenvalue weighted by molar-refractivity contribution is 5.76. The Kier molecular flexibility index (Phi) is 5.34.